The first kappa shape index (κ1) is 17.5. The van der Waals surface area contributed by atoms with Gasteiger partial charge in [-0.15, -0.1) is 6.58 Å². The van der Waals surface area contributed by atoms with E-state index in [0.29, 0.717) is 6.54 Å². The molecule has 0 unspecified atom stereocenters. The van der Waals surface area contributed by atoms with E-state index in [9.17, 15) is 4.79 Å². The van der Waals surface area contributed by atoms with E-state index >= 15 is 0 Å². The van der Waals surface area contributed by atoms with E-state index in [4.69, 9.17) is 4.74 Å². The highest BCUT2D eigenvalue weighted by Crippen LogP contribution is 2.48. The van der Waals surface area contributed by atoms with Crippen molar-refractivity contribution in [1.29, 1.82) is 0 Å². The molecule has 0 radical (unpaired) electrons. The maximum atomic E-state index is 13.8. The van der Waals surface area contributed by atoms with Crippen molar-refractivity contribution in [3.05, 3.63) is 70.3 Å². The Morgan fingerprint density at radius 1 is 1.32 bits per heavy atom. The van der Waals surface area contributed by atoms with Crippen molar-refractivity contribution >= 4 is 38.4 Å². The largest absolute Gasteiger partial charge is 0.497 e. The Morgan fingerprint density at radius 2 is 2.18 bits per heavy atom. The Labute approximate surface area is 171 Å². The van der Waals surface area contributed by atoms with Crippen LogP contribution in [-0.2, 0) is 16.8 Å². The van der Waals surface area contributed by atoms with Crippen molar-refractivity contribution in [2.75, 3.05) is 25.1 Å². The normalized spacial score (nSPS) is 20.5. The number of methoxy groups -OCH3 is 1. The second kappa shape index (κ2) is 6.22. The van der Waals surface area contributed by atoms with Gasteiger partial charge < -0.3 is 14.6 Å². The molecule has 28 heavy (non-hydrogen) atoms. The van der Waals surface area contributed by atoms with Gasteiger partial charge in [0, 0.05) is 34.0 Å². The van der Waals surface area contributed by atoms with E-state index in [1.807, 2.05) is 41.3 Å². The summed E-state index contributed by atoms with van der Waals surface area (Å²) >= 11 is 3.58. The third kappa shape index (κ3) is 2.19. The fourth-order valence-corrected chi connectivity index (χ4v) is 4.95. The van der Waals surface area contributed by atoms with Gasteiger partial charge in [-0.25, -0.2) is 0 Å². The summed E-state index contributed by atoms with van der Waals surface area (Å²) in [6, 6.07) is 12.0. The molecule has 2 N–H and O–H groups in total. The molecule has 2 aliphatic rings. The number of nitrogens with one attached hydrogen (secondary N) is 2. The second-order valence-corrected chi connectivity index (χ2v) is 8.10. The maximum Gasteiger partial charge on any atom is 0.258 e. The SMILES string of the molecule is C=CCN1C(=O)[C@@]2(NCCc3c2[nH]c2ccc(OC)cc32)c2cc(Br)ccc21. The molecule has 5 nitrogen and oxygen atoms in total. The summed E-state index contributed by atoms with van der Waals surface area (Å²) in [6.07, 6.45) is 2.62. The van der Waals surface area contributed by atoms with Gasteiger partial charge in [0.05, 0.1) is 18.5 Å². The van der Waals surface area contributed by atoms with Gasteiger partial charge in [0.15, 0.2) is 5.54 Å². The number of aromatic nitrogens is 1. The molecule has 0 aliphatic carbocycles. The number of aromatic amines is 1. The molecule has 2 aromatic carbocycles. The van der Waals surface area contributed by atoms with Gasteiger partial charge in [0.1, 0.15) is 5.75 Å². The summed E-state index contributed by atoms with van der Waals surface area (Å²) in [5, 5.41) is 4.67. The molecule has 0 saturated carbocycles. The molecule has 6 heteroatoms. The number of ether oxygens (including phenoxy) is 1. The molecule has 1 amide bonds. The molecule has 2 aliphatic heterocycles. The van der Waals surface area contributed by atoms with E-state index < -0.39 is 5.54 Å². The predicted molar refractivity (Wildman–Crippen MR) is 114 cm³/mol. The molecule has 3 aromatic rings. The maximum absolute atomic E-state index is 13.8. The van der Waals surface area contributed by atoms with E-state index in [1.165, 1.54) is 5.56 Å². The number of hydrogen-bond acceptors (Lipinski definition) is 3. The van der Waals surface area contributed by atoms with Crippen LogP contribution in [0.25, 0.3) is 10.9 Å². The smallest absolute Gasteiger partial charge is 0.258 e. The molecular formula is C22H20BrN3O2. The van der Waals surface area contributed by atoms with E-state index in [0.717, 1.165) is 51.0 Å². The molecule has 142 valence electrons. The summed E-state index contributed by atoms with van der Waals surface area (Å²) < 4.78 is 6.37. The van der Waals surface area contributed by atoms with Crippen LogP contribution in [0.4, 0.5) is 5.69 Å². The molecular weight excluding hydrogens is 418 g/mol. The Balaban J connectivity index is 1.81. The number of H-pyrrole nitrogens is 1. The number of hydrogen-bond donors (Lipinski definition) is 2. The molecule has 1 spiro atoms. The van der Waals surface area contributed by atoms with Crippen LogP contribution >= 0.6 is 15.9 Å². The molecule has 0 saturated heterocycles. The van der Waals surface area contributed by atoms with Crippen LogP contribution in [0.1, 0.15) is 16.8 Å². The lowest BCUT2D eigenvalue weighted by Gasteiger charge is -2.34. The highest BCUT2D eigenvalue weighted by Gasteiger charge is 2.55. The number of carbonyl (C=O) groups is 1. The lowest BCUT2D eigenvalue weighted by Crippen LogP contribution is -2.55. The average Bonchev–Trinajstić information content (AvgIpc) is 3.19. The lowest BCUT2D eigenvalue weighted by molar-refractivity contribution is -0.123. The Bertz CT molecular complexity index is 1140. The van der Waals surface area contributed by atoms with Crippen LogP contribution < -0.4 is 15.0 Å². The van der Waals surface area contributed by atoms with Crippen molar-refractivity contribution in [1.82, 2.24) is 10.3 Å². The minimum absolute atomic E-state index is 0.0278. The van der Waals surface area contributed by atoms with Gasteiger partial charge in [-0.2, -0.15) is 0 Å². The predicted octanol–water partition coefficient (Wildman–Crippen LogP) is 3.86. The van der Waals surface area contributed by atoms with Crippen LogP contribution in [0.15, 0.2) is 53.5 Å². The number of rotatable bonds is 3. The lowest BCUT2D eigenvalue weighted by atomic mass is 9.82. The zero-order chi connectivity index (χ0) is 19.5. The summed E-state index contributed by atoms with van der Waals surface area (Å²) in [7, 11) is 1.67. The monoisotopic (exact) mass is 437 g/mol. The number of benzene rings is 2. The Morgan fingerprint density at radius 3 is 2.96 bits per heavy atom. The van der Waals surface area contributed by atoms with Gasteiger partial charge in [0.2, 0.25) is 0 Å². The van der Waals surface area contributed by atoms with Gasteiger partial charge in [-0.3, -0.25) is 10.1 Å². The fourth-order valence-electron chi connectivity index (χ4n) is 4.59. The van der Waals surface area contributed by atoms with Crippen molar-refractivity contribution in [3.63, 3.8) is 0 Å². The highest BCUT2D eigenvalue weighted by molar-refractivity contribution is 9.10. The van der Waals surface area contributed by atoms with Gasteiger partial charge in [-0.1, -0.05) is 22.0 Å². The summed E-state index contributed by atoms with van der Waals surface area (Å²) in [4.78, 5) is 19.1. The molecule has 0 fully saturated rings. The number of carbonyl (C=O) groups excluding carboxylic acids is 1. The molecule has 1 atom stereocenters. The number of amides is 1. The molecule has 1 aromatic heterocycles. The number of halogens is 1. The number of anilines is 1. The first-order valence-corrected chi connectivity index (χ1v) is 10.1. The van der Waals surface area contributed by atoms with Crippen LogP contribution in [0.3, 0.4) is 0 Å². The van der Waals surface area contributed by atoms with E-state index in [1.54, 1.807) is 13.2 Å². The summed E-state index contributed by atoms with van der Waals surface area (Å²) in [5.74, 6) is 0.844. The zero-order valence-corrected chi connectivity index (χ0v) is 17.1. The molecule has 3 heterocycles. The zero-order valence-electron chi connectivity index (χ0n) is 15.5. The topological polar surface area (TPSA) is 57.4 Å². The van der Waals surface area contributed by atoms with Crippen LogP contribution in [0, 0.1) is 0 Å². The van der Waals surface area contributed by atoms with Gasteiger partial charge in [0.25, 0.3) is 5.91 Å². The Kier molecular flexibility index (Phi) is 3.89. The average molecular weight is 438 g/mol. The summed E-state index contributed by atoms with van der Waals surface area (Å²) in [5.41, 5.74) is 4.09. The Hall–Kier alpha value is -2.57. The van der Waals surface area contributed by atoms with Crippen LogP contribution in [0.2, 0.25) is 0 Å². The van der Waals surface area contributed by atoms with Crippen LogP contribution in [-0.4, -0.2) is 31.1 Å². The minimum atomic E-state index is -0.915. The molecule has 0 bridgehead atoms. The third-order valence-electron chi connectivity index (χ3n) is 5.78. The summed E-state index contributed by atoms with van der Waals surface area (Å²) in [6.45, 7) is 5.03. The minimum Gasteiger partial charge on any atom is -0.497 e. The van der Waals surface area contributed by atoms with Crippen molar-refractivity contribution in [3.8, 4) is 5.75 Å². The fraction of sp³-hybridized carbons (Fsp3) is 0.227. The van der Waals surface area contributed by atoms with Crippen LogP contribution in [0.5, 0.6) is 5.75 Å². The van der Waals surface area contributed by atoms with Crippen molar-refractivity contribution < 1.29 is 9.53 Å². The first-order chi connectivity index (χ1) is 13.6. The van der Waals surface area contributed by atoms with Gasteiger partial charge >= 0.3 is 0 Å². The quantitative estimate of drug-likeness (QED) is 0.611. The second-order valence-electron chi connectivity index (χ2n) is 7.18. The van der Waals surface area contributed by atoms with E-state index in [2.05, 4.69) is 32.8 Å². The van der Waals surface area contributed by atoms with Gasteiger partial charge in [-0.05, 0) is 48.4 Å². The number of nitrogens with zero attached hydrogens (tertiary/aromatic N) is 1. The first-order valence-electron chi connectivity index (χ1n) is 9.27. The highest BCUT2D eigenvalue weighted by atomic mass is 79.9. The number of fused-ring (bicyclic) bond motifs is 6. The van der Waals surface area contributed by atoms with Crippen molar-refractivity contribution in [2.24, 2.45) is 0 Å². The van der Waals surface area contributed by atoms with E-state index in [-0.39, 0.29) is 5.91 Å². The molecule has 5 rings (SSSR count). The third-order valence-corrected chi connectivity index (χ3v) is 6.28. The van der Waals surface area contributed by atoms with Crippen molar-refractivity contribution in [2.45, 2.75) is 12.0 Å². The standard InChI is InChI=1S/C22H20BrN3O2/c1-3-10-26-19-7-4-13(23)11-17(19)22(21(26)27)20-15(8-9-24-22)16-12-14(28-2)5-6-18(16)25-20/h3-7,11-12,24-25H,1,8-10H2,2H3/t22-/m1/s1.